The van der Waals surface area contributed by atoms with Crippen LogP contribution >= 0.6 is 11.3 Å². The van der Waals surface area contributed by atoms with E-state index in [9.17, 15) is 0 Å². The number of hydrogen-bond donors (Lipinski definition) is 0. The van der Waals surface area contributed by atoms with E-state index in [0.717, 1.165) is 53.5 Å². The molecule has 9 heteroatoms. The molecule has 0 aromatic carbocycles. The Balaban J connectivity index is 1.39. The molecule has 0 spiro atoms. The van der Waals surface area contributed by atoms with Crippen molar-refractivity contribution in [1.29, 1.82) is 0 Å². The molecule has 1 aliphatic rings. The Morgan fingerprint density at radius 1 is 1.19 bits per heavy atom. The summed E-state index contributed by atoms with van der Waals surface area (Å²) in [6, 6.07) is 0. The third-order valence-electron chi connectivity index (χ3n) is 4.72. The van der Waals surface area contributed by atoms with Gasteiger partial charge in [0.25, 0.3) is 0 Å². The molecule has 5 heterocycles. The van der Waals surface area contributed by atoms with Crippen molar-refractivity contribution in [2.75, 3.05) is 13.7 Å². The second-order valence-corrected chi connectivity index (χ2v) is 7.25. The average Bonchev–Trinajstić information content (AvgIpc) is 3.30. The summed E-state index contributed by atoms with van der Waals surface area (Å²) < 4.78 is 7.58. The van der Waals surface area contributed by atoms with Gasteiger partial charge in [0.05, 0.1) is 18.4 Å². The van der Waals surface area contributed by atoms with Crippen molar-refractivity contribution in [2.45, 2.75) is 19.5 Å². The molecular formula is C18H17N7OS. The Bertz CT molecular complexity index is 1090. The van der Waals surface area contributed by atoms with Gasteiger partial charge in [0, 0.05) is 61.8 Å². The first-order valence-corrected chi connectivity index (χ1v) is 9.50. The van der Waals surface area contributed by atoms with E-state index in [1.54, 1.807) is 30.8 Å². The van der Waals surface area contributed by atoms with Crippen molar-refractivity contribution in [3.8, 4) is 17.3 Å². The Morgan fingerprint density at radius 3 is 2.93 bits per heavy atom. The SMILES string of the molecule is COc1nc2sccn2c1CN1CCc2nc(-c3cncnc3)ncc2C1. The van der Waals surface area contributed by atoms with Gasteiger partial charge in [-0.2, -0.15) is 4.98 Å². The van der Waals surface area contributed by atoms with Gasteiger partial charge in [0.2, 0.25) is 5.88 Å². The van der Waals surface area contributed by atoms with Crippen LogP contribution < -0.4 is 4.74 Å². The summed E-state index contributed by atoms with van der Waals surface area (Å²) in [5.74, 6) is 1.38. The smallest absolute Gasteiger partial charge is 0.237 e. The highest BCUT2D eigenvalue weighted by atomic mass is 32.1. The lowest BCUT2D eigenvalue weighted by atomic mass is 10.1. The first-order valence-electron chi connectivity index (χ1n) is 8.63. The summed E-state index contributed by atoms with van der Waals surface area (Å²) in [6.45, 7) is 2.51. The van der Waals surface area contributed by atoms with Gasteiger partial charge in [0.1, 0.15) is 12.0 Å². The number of imidazole rings is 1. The van der Waals surface area contributed by atoms with E-state index in [4.69, 9.17) is 9.72 Å². The second kappa shape index (κ2) is 6.67. The minimum atomic E-state index is 0.681. The van der Waals surface area contributed by atoms with Gasteiger partial charge in [0.15, 0.2) is 10.8 Å². The second-order valence-electron chi connectivity index (χ2n) is 6.38. The number of fused-ring (bicyclic) bond motifs is 2. The van der Waals surface area contributed by atoms with Crippen molar-refractivity contribution >= 4 is 16.3 Å². The van der Waals surface area contributed by atoms with E-state index in [1.165, 1.54) is 6.33 Å². The number of ether oxygens (including phenoxy) is 1. The maximum atomic E-state index is 5.48. The minimum absolute atomic E-state index is 0.681. The van der Waals surface area contributed by atoms with Crippen molar-refractivity contribution in [3.05, 3.63) is 53.4 Å². The Hall–Kier alpha value is -2.91. The lowest BCUT2D eigenvalue weighted by molar-refractivity contribution is 0.235. The maximum absolute atomic E-state index is 5.48. The third kappa shape index (κ3) is 2.94. The highest BCUT2D eigenvalue weighted by Crippen LogP contribution is 2.27. The molecule has 27 heavy (non-hydrogen) atoms. The molecule has 0 atom stereocenters. The van der Waals surface area contributed by atoms with E-state index in [-0.39, 0.29) is 0 Å². The highest BCUT2D eigenvalue weighted by molar-refractivity contribution is 7.15. The van der Waals surface area contributed by atoms with Crippen LogP contribution in [0, 0.1) is 0 Å². The molecule has 1 aliphatic heterocycles. The normalized spacial score (nSPS) is 14.4. The first-order chi connectivity index (χ1) is 13.3. The van der Waals surface area contributed by atoms with Gasteiger partial charge in [-0.15, -0.1) is 11.3 Å². The summed E-state index contributed by atoms with van der Waals surface area (Å²) in [6.07, 6.45) is 9.83. The fourth-order valence-corrected chi connectivity index (χ4v) is 4.12. The van der Waals surface area contributed by atoms with Gasteiger partial charge in [-0.3, -0.25) is 9.30 Å². The number of aromatic nitrogens is 6. The Labute approximate surface area is 159 Å². The van der Waals surface area contributed by atoms with Crippen LogP contribution in [-0.4, -0.2) is 47.9 Å². The van der Waals surface area contributed by atoms with Crippen LogP contribution in [0.4, 0.5) is 0 Å². The van der Waals surface area contributed by atoms with Crippen LogP contribution in [0.5, 0.6) is 5.88 Å². The average molecular weight is 379 g/mol. The molecule has 0 aliphatic carbocycles. The number of thiazole rings is 1. The lowest BCUT2D eigenvalue weighted by Gasteiger charge is -2.27. The topological polar surface area (TPSA) is 81.3 Å². The maximum Gasteiger partial charge on any atom is 0.237 e. The molecule has 0 amide bonds. The van der Waals surface area contributed by atoms with E-state index in [0.29, 0.717) is 11.7 Å². The number of hydrogen-bond acceptors (Lipinski definition) is 8. The Kier molecular flexibility index (Phi) is 4.02. The van der Waals surface area contributed by atoms with Gasteiger partial charge in [-0.1, -0.05) is 0 Å². The third-order valence-corrected chi connectivity index (χ3v) is 5.48. The quantitative estimate of drug-likeness (QED) is 0.538. The van der Waals surface area contributed by atoms with E-state index >= 15 is 0 Å². The number of methoxy groups -OCH3 is 1. The summed E-state index contributed by atoms with van der Waals surface area (Å²) in [4.78, 5) is 25.2. The molecule has 4 aromatic rings. The summed E-state index contributed by atoms with van der Waals surface area (Å²) in [5.41, 5.74) is 4.18. The van der Waals surface area contributed by atoms with E-state index < -0.39 is 0 Å². The molecular weight excluding hydrogens is 362 g/mol. The zero-order chi connectivity index (χ0) is 18.2. The van der Waals surface area contributed by atoms with Crippen LogP contribution in [0.1, 0.15) is 17.0 Å². The number of nitrogens with zero attached hydrogens (tertiary/aromatic N) is 7. The van der Waals surface area contributed by atoms with Crippen LogP contribution in [-0.2, 0) is 19.5 Å². The van der Waals surface area contributed by atoms with Crippen molar-refractivity contribution in [3.63, 3.8) is 0 Å². The van der Waals surface area contributed by atoms with Gasteiger partial charge in [-0.25, -0.2) is 19.9 Å². The molecule has 136 valence electrons. The molecule has 0 radical (unpaired) electrons. The predicted molar refractivity (Wildman–Crippen MR) is 100 cm³/mol. The molecule has 0 bridgehead atoms. The van der Waals surface area contributed by atoms with Crippen molar-refractivity contribution < 1.29 is 4.74 Å². The molecule has 8 nitrogen and oxygen atoms in total. The monoisotopic (exact) mass is 379 g/mol. The molecule has 0 saturated heterocycles. The predicted octanol–water partition coefficient (Wildman–Crippen LogP) is 2.21. The van der Waals surface area contributed by atoms with Gasteiger partial charge in [-0.05, 0) is 0 Å². The summed E-state index contributed by atoms with van der Waals surface area (Å²) >= 11 is 1.61. The highest BCUT2D eigenvalue weighted by Gasteiger charge is 2.22. The van der Waals surface area contributed by atoms with E-state index in [2.05, 4.69) is 29.2 Å². The minimum Gasteiger partial charge on any atom is -0.480 e. The van der Waals surface area contributed by atoms with Crippen molar-refractivity contribution in [1.82, 2.24) is 34.2 Å². The molecule has 0 fully saturated rings. The zero-order valence-corrected chi connectivity index (χ0v) is 15.6. The Morgan fingerprint density at radius 2 is 2.07 bits per heavy atom. The van der Waals surface area contributed by atoms with Gasteiger partial charge >= 0.3 is 0 Å². The van der Waals surface area contributed by atoms with Crippen molar-refractivity contribution in [2.24, 2.45) is 0 Å². The molecule has 5 rings (SSSR count). The summed E-state index contributed by atoms with van der Waals surface area (Å²) in [7, 11) is 1.67. The molecule has 4 aromatic heterocycles. The van der Waals surface area contributed by atoms with Gasteiger partial charge < -0.3 is 4.74 Å². The van der Waals surface area contributed by atoms with Crippen LogP contribution in [0.25, 0.3) is 16.3 Å². The lowest BCUT2D eigenvalue weighted by Crippen LogP contribution is -2.31. The van der Waals surface area contributed by atoms with E-state index in [1.807, 2.05) is 17.8 Å². The molecule has 0 N–H and O–H groups in total. The summed E-state index contributed by atoms with van der Waals surface area (Å²) in [5, 5.41) is 2.04. The van der Waals surface area contributed by atoms with Crippen LogP contribution in [0.15, 0.2) is 36.5 Å². The largest absolute Gasteiger partial charge is 0.480 e. The fourth-order valence-electron chi connectivity index (χ4n) is 3.40. The standard InChI is InChI=1S/C18H17N7OS/c1-26-17-15(25-4-5-27-18(25)23-17)10-24-3-2-14-13(9-24)8-21-16(22-14)12-6-19-11-20-7-12/h4-8,11H,2-3,9-10H2,1H3. The zero-order valence-electron chi connectivity index (χ0n) is 14.7. The van der Waals surface area contributed by atoms with Crippen LogP contribution in [0.2, 0.25) is 0 Å². The molecule has 0 unspecified atom stereocenters. The van der Waals surface area contributed by atoms with Crippen LogP contribution in [0.3, 0.4) is 0 Å². The number of rotatable bonds is 4. The first kappa shape index (κ1) is 16.3. The molecule has 0 saturated carbocycles. The fraction of sp³-hybridized carbons (Fsp3) is 0.278.